The number of benzene rings is 1. The highest BCUT2D eigenvalue weighted by atomic mass is 35.5. The van der Waals surface area contributed by atoms with Gasteiger partial charge in [-0.15, -0.1) is 10.2 Å². The summed E-state index contributed by atoms with van der Waals surface area (Å²) >= 11 is 7.13. The number of nitrogens with one attached hydrogen (secondary N) is 1. The predicted molar refractivity (Wildman–Crippen MR) is 71.8 cm³/mol. The SMILES string of the molecule is Nc1nnc(CCNC(=O)c2cccc(Cl)c2)s1. The number of anilines is 1. The smallest absolute Gasteiger partial charge is 0.251 e. The van der Waals surface area contributed by atoms with Crippen LogP contribution in [0.3, 0.4) is 0 Å². The van der Waals surface area contributed by atoms with Crippen LogP contribution < -0.4 is 11.1 Å². The maximum Gasteiger partial charge on any atom is 0.251 e. The average Bonchev–Trinajstić information content (AvgIpc) is 2.75. The first-order valence-electron chi connectivity index (χ1n) is 5.27. The van der Waals surface area contributed by atoms with E-state index >= 15 is 0 Å². The zero-order valence-electron chi connectivity index (χ0n) is 9.39. The average molecular weight is 283 g/mol. The van der Waals surface area contributed by atoms with Crippen LogP contribution in [0.4, 0.5) is 5.13 Å². The summed E-state index contributed by atoms with van der Waals surface area (Å²) in [7, 11) is 0. The van der Waals surface area contributed by atoms with Gasteiger partial charge in [0.15, 0.2) is 0 Å². The third-order valence-electron chi connectivity index (χ3n) is 2.19. The van der Waals surface area contributed by atoms with Gasteiger partial charge in [0.05, 0.1) is 0 Å². The highest BCUT2D eigenvalue weighted by Crippen LogP contribution is 2.12. The Hall–Kier alpha value is -1.66. The van der Waals surface area contributed by atoms with Gasteiger partial charge >= 0.3 is 0 Å². The molecule has 1 aromatic carbocycles. The lowest BCUT2D eigenvalue weighted by Crippen LogP contribution is -2.25. The van der Waals surface area contributed by atoms with Gasteiger partial charge in [-0.25, -0.2) is 0 Å². The minimum atomic E-state index is -0.157. The molecule has 0 radical (unpaired) electrons. The number of nitrogens with two attached hydrogens (primary N) is 1. The van der Waals surface area contributed by atoms with Crippen molar-refractivity contribution in [3.8, 4) is 0 Å². The van der Waals surface area contributed by atoms with Crippen molar-refractivity contribution < 1.29 is 4.79 Å². The highest BCUT2D eigenvalue weighted by Gasteiger charge is 2.06. The third kappa shape index (κ3) is 3.41. The molecule has 5 nitrogen and oxygen atoms in total. The van der Waals surface area contributed by atoms with E-state index in [-0.39, 0.29) is 5.91 Å². The molecular weight excluding hydrogens is 272 g/mol. The molecule has 94 valence electrons. The molecule has 0 aliphatic carbocycles. The van der Waals surface area contributed by atoms with Crippen LogP contribution in [0.25, 0.3) is 0 Å². The van der Waals surface area contributed by atoms with Crippen LogP contribution in [-0.2, 0) is 6.42 Å². The maximum absolute atomic E-state index is 11.8. The van der Waals surface area contributed by atoms with E-state index in [1.165, 1.54) is 11.3 Å². The Morgan fingerprint density at radius 2 is 2.28 bits per heavy atom. The molecular formula is C11H11ClN4OS. The van der Waals surface area contributed by atoms with Gasteiger partial charge in [-0.2, -0.15) is 0 Å². The summed E-state index contributed by atoms with van der Waals surface area (Å²) in [5.74, 6) is -0.157. The van der Waals surface area contributed by atoms with Crippen molar-refractivity contribution in [2.45, 2.75) is 6.42 Å². The summed E-state index contributed by atoms with van der Waals surface area (Å²) in [4.78, 5) is 11.8. The molecule has 0 spiro atoms. The van der Waals surface area contributed by atoms with Gasteiger partial charge in [0, 0.05) is 23.6 Å². The predicted octanol–water partition coefficient (Wildman–Crippen LogP) is 1.75. The van der Waals surface area contributed by atoms with Crippen molar-refractivity contribution in [3.05, 3.63) is 39.9 Å². The lowest BCUT2D eigenvalue weighted by Gasteiger charge is -2.03. The molecule has 0 aliphatic rings. The fourth-order valence-corrected chi connectivity index (χ4v) is 2.18. The Balaban J connectivity index is 1.85. The number of aromatic nitrogens is 2. The lowest BCUT2D eigenvalue weighted by atomic mass is 10.2. The first kappa shape index (κ1) is 12.8. The Kier molecular flexibility index (Phi) is 4.11. The van der Waals surface area contributed by atoms with Crippen LogP contribution >= 0.6 is 22.9 Å². The normalized spacial score (nSPS) is 10.3. The molecule has 3 N–H and O–H groups in total. The highest BCUT2D eigenvalue weighted by molar-refractivity contribution is 7.15. The van der Waals surface area contributed by atoms with Crippen molar-refractivity contribution in [2.75, 3.05) is 12.3 Å². The second-order valence-electron chi connectivity index (χ2n) is 3.55. The molecule has 0 bridgehead atoms. The molecule has 1 heterocycles. The summed E-state index contributed by atoms with van der Waals surface area (Å²) < 4.78 is 0. The maximum atomic E-state index is 11.8. The molecule has 0 saturated heterocycles. The van der Waals surface area contributed by atoms with Gasteiger partial charge in [-0.05, 0) is 18.2 Å². The third-order valence-corrected chi connectivity index (χ3v) is 3.24. The first-order valence-corrected chi connectivity index (χ1v) is 6.46. The van der Waals surface area contributed by atoms with Crippen LogP contribution in [0.5, 0.6) is 0 Å². The zero-order chi connectivity index (χ0) is 13.0. The molecule has 0 unspecified atom stereocenters. The van der Waals surface area contributed by atoms with Crippen molar-refractivity contribution in [1.82, 2.24) is 15.5 Å². The zero-order valence-corrected chi connectivity index (χ0v) is 11.0. The van der Waals surface area contributed by atoms with Gasteiger partial charge < -0.3 is 11.1 Å². The van der Waals surface area contributed by atoms with E-state index in [1.54, 1.807) is 24.3 Å². The summed E-state index contributed by atoms with van der Waals surface area (Å²) in [5.41, 5.74) is 6.00. The number of nitrogen functional groups attached to an aromatic ring is 1. The van der Waals surface area contributed by atoms with Gasteiger partial charge in [-0.1, -0.05) is 29.0 Å². The van der Waals surface area contributed by atoms with Crippen molar-refractivity contribution in [2.24, 2.45) is 0 Å². The molecule has 0 atom stereocenters. The van der Waals surface area contributed by atoms with Crippen LogP contribution in [0.2, 0.25) is 5.02 Å². The molecule has 7 heteroatoms. The molecule has 0 aliphatic heterocycles. The second kappa shape index (κ2) is 5.79. The largest absolute Gasteiger partial charge is 0.374 e. The summed E-state index contributed by atoms with van der Waals surface area (Å²) in [6.45, 7) is 0.486. The number of rotatable bonds is 4. The van der Waals surface area contributed by atoms with Gasteiger partial charge in [-0.3, -0.25) is 4.79 Å². The van der Waals surface area contributed by atoms with E-state index in [0.29, 0.717) is 28.7 Å². The summed E-state index contributed by atoms with van der Waals surface area (Å²) in [5, 5.41) is 12.1. The molecule has 0 fully saturated rings. The van der Waals surface area contributed by atoms with Crippen LogP contribution in [0.15, 0.2) is 24.3 Å². The van der Waals surface area contributed by atoms with E-state index in [4.69, 9.17) is 17.3 Å². The van der Waals surface area contributed by atoms with E-state index in [1.807, 2.05) is 0 Å². The van der Waals surface area contributed by atoms with E-state index in [9.17, 15) is 4.79 Å². The molecule has 2 rings (SSSR count). The molecule has 2 aromatic rings. The van der Waals surface area contributed by atoms with Gasteiger partial charge in [0.2, 0.25) is 5.13 Å². The fraction of sp³-hybridized carbons (Fsp3) is 0.182. The fourth-order valence-electron chi connectivity index (χ4n) is 1.38. The number of nitrogens with zero attached hydrogens (tertiary/aromatic N) is 2. The van der Waals surface area contributed by atoms with E-state index < -0.39 is 0 Å². The lowest BCUT2D eigenvalue weighted by molar-refractivity contribution is 0.0954. The van der Waals surface area contributed by atoms with Crippen LogP contribution in [-0.4, -0.2) is 22.6 Å². The minimum Gasteiger partial charge on any atom is -0.374 e. The first-order chi connectivity index (χ1) is 8.65. The van der Waals surface area contributed by atoms with Gasteiger partial charge in [0.1, 0.15) is 5.01 Å². The van der Waals surface area contributed by atoms with Crippen molar-refractivity contribution in [1.29, 1.82) is 0 Å². The Morgan fingerprint density at radius 3 is 2.94 bits per heavy atom. The number of carbonyl (C=O) groups excluding carboxylic acids is 1. The van der Waals surface area contributed by atoms with Gasteiger partial charge in [0.25, 0.3) is 5.91 Å². The Morgan fingerprint density at radius 1 is 1.44 bits per heavy atom. The Bertz CT molecular complexity index is 557. The number of halogens is 1. The molecule has 1 aromatic heterocycles. The quantitative estimate of drug-likeness (QED) is 0.895. The van der Waals surface area contributed by atoms with E-state index in [2.05, 4.69) is 15.5 Å². The molecule has 1 amide bonds. The Labute approximate surface area is 113 Å². The number of hydrogen-bond acceptors (Lipinski definition) is 5. The summed E-state index contributed by atoms with van der Waals surface area (Å²) in [6.07, 6.45) is 0.612. The number of hydrogen-bond donors (Lipinski definition) is 2. The number of amides is 1. The summed E-state index contributed by atoms with van der Waals surface area (Å²) in [6, 6.07) is 6.80. The topological polar surface area (TPSA) is 80.9 Å². The minimum absolute atomic E-state index is 0.157. The molecule has 18 heavy (non-hydrogen) atoms. The monoisotopic (exact) mass is 282 g/mol. The standard InChI is InChI=1S/C11H11ClN4OS/c12-8-3-1-2-7(6-8)10(17)14-5-4-9-15-16-11(13)18-9/h1-3,6H,4-5H2,(H2,13,16)(H,14,17). The van der Waals surface area contributed by atoms with Crippen molar-refractivity contribution in [3.63, 3.8) is 0 Å². The van der Waals surface area contributed by atoms with Crippen LogP contribution in [0, 0.1) is 0 Å². The molecule has 0 saturated carbocycles. The second-order valence-corrected chi connectivity index (χ2v) is 5.08. The number of carbonyl (C=O) groups is 1. The van der Waals surface area contributed by atoms with Crippen molar-refractivity contribution >= 4 is 34.0 Å². The van der Waals surface area contributed by atoms with Crippen LogP contribution in [0.1, 0.15) is 15.4 Å². The van der Waals surface area contributed by atoms with E-state index in [0.717, 1.165) is 5.01 Å².